The Morgan fingerprint density at radius 3 is 2.43 bits per heavy atom. The van der Waals surface area contributed by atoms with E-state index in [4.69, 9.17) is 5.73 Å². The average molecular weight is 198 g/mol. The van der Waals surface area contributed by atoms with Crippen LogP contribution in [0.3, 0.4) is 0 Å². The molecule has 0 aromatic carbocycles. The van der Waals surface area contributed by atoms with Gasteiger partial charge in [0, 0.05) is 18.5 Å². The minimum atomic E-state index is 0.118. The van der Waals surface area contributed by atoms with Crippen molar-refractivity contribution in [3.8, 4) is 0 Å². The highest BCUT2D eigenvalue weighted by molar-refractivity contribution is 5.80. The first kappa shape index (κ1) is 11.5. The molecule has 0 saturated heterocycles. The van der Waals surface area contributed by atoms with Gasteiger partial charge in [-0.15, -0.1) is 0 Å². The van der Waals surface area contributed by atoms with Gasteiger partial charge in [-0.1, -0.05) is 26.7 Å². The molecule has 0 spiro atoms. The third kappa shape index (κ3) is 3.29. The van der Waals surface area contributed by atoms with E-state index in [0.717, 1.165) is 25.7 Å². The molecule has 0 aromatic rings. The quantitative estimate of drug-likeness (QED) is 0.675. The molecule has 3 nitrogen and oxygen atoms in total. The summed E-state index contributed by atoms with van der Waals surface area (Å²) in [6.07, 6.45) is 4.31. The Kier molecular flexibility index (Phi) is 4.39. The van der Waals surface area contributed by atoms with Gasteiger partial charge in [0.05, 0.1) is 0 Å². The van der Waals surface area contributed by atoms with Crippen molar-refractivity contribution in [3.63, 3.8) is 0 Å². The molecule has 82 valence electrons. The predicted molar refractivity (Wildman–Crippen MR) is 57.8 cm³/mol. The lowest BCUT2D eigenvalue weighted by atomic mass is 9.95. The van der Waals surface area contributed by atoms with Crippen LogP contribution in [0.15, 0.2) is 0 Å². The van der Waals surface area contributed by atoms with E-state index in [1.165, 1.54) is 0 Å². The topological polar surface area (TPSA) is 55.1 Å². The van der Waals surface area contributed by atoms with E-state index < -0.39 is 0 Å². The van der Waals surface area contributed by atoms with Crippen LogP contribution in [0.25, 0.3) is 0 Å². The summed E-state index contributed by atoms with van der Waals surface area (Å²) in [5.41, 5.74) is 5.99. The van der Waals surface area contributed by atoms with Gasteiger partial charge in [0.2, 0.25) is 5.91 Å². The molecule has 3 N–H and O–H groups in total. The van der Waals surface area contributed by atoms with E-state index in [9.17, 15) is 4.79 Å². The molecular formula is C11H22N2O. The summed E-state index contributed by atoms with van der Waals surface area (Å²) in [5.74, 6) is 1.03. The van der Waals surface area contributed by atoms with Crippen LogP contribution in [-0.2, 0) is 4.79 Å². The van der Waals surface area contributed by atoms with Crippen molar-refractivity contribution in [1.82, 2.24) is 5.32 Å². The number of nitrogens with two attached hydrogens (primary N) is 1. The van der Waals surface area contributed by atoms with Crippen LogP contribution in [0.5, 0.6) is 0 Å². The maximum Gasteiger partial charge on any atom is 0.223 e. The van der Waals surface area contributed by atoms with Crippen molar-refractivity contribution in [2.24, 2.45) is 17.6 Å². The highest BCUT2D eigenvalue weighted by Gasteiger charge is 2.29. The Balaban J connectivity index is 2.18. The van der Waals surface area contributed by atoms with Gasteiger partial charge in [0.1, 0.15) is 0 Å². The highest BCUT2D eigenvalue weighted by atomic mass is 16.2. The molecule has 14 heavy (non-hydrogen) atoms. The molecule has 3 heteroatoms. The normalized spacial score (nSPS) is 18.3. The number of hydrogen-bond donors (Lipinski definition) is 2. The van der Waals surface area contributed by atoms with Crippen LogP contribution in [0.2, 0.25) is 0 Å². The molecule has 1 amide bonds. The number of nitrogens with one attached hydrogen (secondary N) is 1. The van der Waals surface area contributed by atoms with Crippen LogP contribution >= 0.6 is 0 Å². The van der Waals surface area contributed by atoms with Crippen LogP contribution in [0, 0.1) is 11.8 Å². The molecule has 1 rings (SSSR count). The van der Waals surface area contributed by atoms with Gasteiger partial charge in [0.15, 0.2) is 0 Å². The predicted octanol–water partition coefficient (Wildman–Crippen LogP) is 1.28. The van der Waals surface area contributed by atoms with Crippen molar-refractivity contribution in [3.05, 3.63) is 0 Å². The fourth-order valence-electron chi connectivity index (χ4n) is 1.77. The fraction of sp³-hybridized carbons (Fsp3) is 0.909. The Bertz CT molecular complexity index is 186. The van der Waals surface area contributed by atoms with Gasteiger partial charge < -0.3 is 11.1 Å². The van der Waals surface area contributed by atoms with Gasteiger partial charge in [-0.25, -0.2) is 0 Å². The van der Waals surface area contributed by atoms with Crippen LogP contribution in [0.4, 0.5) is 0 Å². The van der Waals surface area contributed by atoms with Gasteiger partial charge >= 0.3 is 0 Å². The molecule has 0 aromatic heterocycles. The van der Waals surface area contributed by atoms with E-state index in [-0.39, 0.29) is 11.9 Å². The second kappa shape index (κ2) is 5.35. The smallest absolute Gasteiger partial charge is 0.223 e. The van der Waals surface area contributed by atoms with E-state index in [1.807, 2.05) is 0 Å². The Morgan fingerprint density at radius 2 is 2.00 bits per heavy atom. The number of carbonyl (C=O) groups is 1. The summed E-state index contributed by atoms with van der Waals surface area (Å²) in [5, 5.41) is 2.93. The first-order valence-corrected chi connectivity index (χ1v) is 5.72. The first-order valence-electron chi connectivity index (χ1n) is 5.72. The second-order valence-corrected chi connectivity index (χ2v) is 4.26. The molecule has 1 atom stereocenters. The van der Waals surface area contributed by atoms with Crippen molar-refractivity contribution < 1.29 is 4.79 Å². The minimum Gasteiger partial charge on any atom is -0.354 e. The first-order chi connectivity index (χ1) is 6.69. The van der Waals surface area contributed by atoms with Crippen molar-refractivity contribution >= 4 is 5.91 Å². The third-order valence-electron chi connectivity index (χ3n) is 3.11. The van der Waals surface area contributed by atoms with Crippen LogP contribution < -0.4 is 11.1 Å². The highest BCUT2D eigenvalue weighted by Crippen LogP contribution is 2.28. The van der Waals surface area contributed by atoms with Gasteiger partial charge in [0.25, 0.3) is 0 Å². The van der Waals surface area contributed by atoms with Crippen LogP contribution in [0.1, 0.15) is 39.5 Å². The molecule has 1 saturated carbocycles. The van der Waals surface area contributed by atoms with Crippen molar-refractivity contribution in [2.75, 3.05) is 6.54 Å². The zero-order valence-corrected chi connectivity index (χ0v) is 9.25. The van der Waals surface area contributed by atoms with E-state index >= 15 is 0 Å². The summed E-state index contributed by atoms with van der Waals surface area (Å²) in [6, 6.07) is 0.118. The summed E-state index contributed by atoms with van der Waals surface area (Å²) in [6.45, 7) is 4.94. The Labute approximate surface area is 86.4 Å². The molecule has 1 fully saturated rings. The summed E-state index contributed by atoms with van der Waals surface area (Å²) in [7, 11) is 0. The largest absolute Gasteiger partial charge is 0.354 e. The molecular weight excluding hydrogens is 176 g/mol. The van der Waals surface area contributed by atoms with E-state index in [0.29, 0.717) is 18.4 Å². The number of hydrogen-bond acceptors (Lipinski definition) is 2. The molecule has 1 unspecified atom stereocenters. The monoisotopic (exact) mass is 198 g/mol. The maximum absolute atomic E-state index is 11.3. The molecule has 0 heterocycles. The SMILES string of the molecule is CCC(CC)C(N)CNC(=O)C1CC1. The van der Waals surface area contributed by atoms with Crippen molar-refractivity contribution in [1.29, 1.82) is 0 Å². The lowest BCUT2D eigenvalue weighted by Gasteiger charge is -2.21. The average Bonchev–Trinajstić information content (AvgIpc) is 2.99. The number of rotatable bonds is 6. The Hall–Kier alpha value is -0.570. The summed E-state index contributed by atoms with van der Waals surface area (Å²) >= 11 is 0. The van der Waals surface area contributed by atoms with Crippen LogP contribution in [-0.4, -0.2) is 18.5 Å². The van der Waals surface area contributed by atoms with Gasteiger partial charge in [-0.05, 0) is 18.8 Å². The zero-order valence-electron chi connectivity index (χ0n) is 9.25. The molecule has 0 aliphatic heterocycles. The van der Waals surface area contributed by atoms with Crippen molar-refractivity contribution in [2.45, 2.75) is 45.6 Å². The third-order valence-corrected chi connectivity index (χ3v) is 3.11. The summed E-state index contributed by atoms with van der Waals surface area (Å²) < 4.78 is 0. The standard InChI is InChI=1S/C11H22N2O/c1-3-8(4-2)10(12)7-13-11(14)9-5-6-9/h8-10H,3-7,12H2,1-2H3,(H,13,14). The fourth-order valence-corrected chi connectivity index (χ4v) is 1.77. The molecule has 0 radical (unpaired) electrons. The summed E-state index contributed by atoms with van der Waals surface area (Å²) in [4.78, 5) is 11.3. The maximum atomic E-state index is 11.3. The number of amides is 1. The Morgan fingerprint density at radius 1 is 1.43 bits per heavy atom. The lowest BCUT2D eigenvalue weighted by Crippen LogP contribution is -2.42. The molecule has 1 aliphatic carbocycles. The van der Waals surface area contributed by atoms with E-state index in [2.05, 4.69) is 19.2 Å². The van der Waals surface area contributed by atoms with Gasteiger partial charge in [-0.3, -0.25) is 4.79 Å². The second-order valence-electron chi connectivity index (χ2n) is 4.26. The zero-order chi connectivity index (χ0) is 10.6. The molecule has 0 bridgehead atoms. The van der Waals surface area contributed by atoms with Gasteiger partial charge in [-0.2, -0.15) is 0 Å². The van der Waals surface area contributed by atoms with E-state index in [1.54, 1.807) is 0 Å². The molecule has 1 aliphatic rings. The number of carbonyl (C=O) groups excluding carboxylic acids is 1. The minimum absolute atomic E-state index is 0.118. The lowest BCUT2D eigenvalue weighted by molar-refractivity contribution is -0.122.